The lowest BCUT2D eigenvalue weighted by Crippen LogP contribution is -2.23. The van der Waals surface area contributed by atoms with E-state index in [1.54, 1.807) is 0 Å². The molecule has 0 fully saturated rings. The summed E-state index contributed by atoms with van der Waals surface area (Å²) < 4.78 is 10.9. The molecule has 2 aliphatic rings. The number of amides is 1. The van der Waals surface area contributed by atoms with Crippen molar-refractivity contribution < 1.29 is 14.3 Å². The predicted octanol–water partition coefficient (Wildman–Crippen LogP) is 4.01. The zero-order chi connectivity index (χ0) is 16.0. The molecular formula is C19H19NO3. The summed E-state index contributed by atoms with van der Waals surface area (Å²) in [6.07, 6.45) is 0.452. The van der Waals surface area contributed by atoms with Gasteiger partial charge in [-0.3, -0.25) is 4.79 Å². The minimum absolute atomic E-state index is 0.0364. The van der Waals surface area contributed by atoms with Crippen LogP contribution in [0, 0.1) is 0 Å². The number of hydrogen-bond donors (Lipinski definition) is 1. The average Bonchev–Trinajstić information content (AvgIpc) is 2.99. The van der Waals surface area contributed by atoms with Gasteiger partial charge in [-0.25, -0.2) is 0 Å². The molecule has 118 valence electrons. The van der Waals surface area contributed by atoms with Gasteiger partial charge in [0.25, 0.3) is 0 Å². The van der Waals surface area contributed by atoms with Gasteiger partial charge in [-0.2, -0.15) is 0 Å². The average molecular weight is 309 g/mol. The van der Waals surface area contributed by atoms with Crippen molar-refractivity contribution in [1.82, 2.24) is 0 Å². The molecule has 2 aromatic rings. The van der Waals surface area contributed by atoms with Gasteiger partial charge in [0, 0.05) is 24.1 Å². The zero-order valence-corrected chi connectivity index (χ0v) is 13.3. The van der Waals surface area contributed by atoms with Crippen LogP contribution in [-0.4, -0.2) is 12.7 Å². The number of nitrogens with one attached hydrogen (secondary N) is 1. The van der Waals surface area contributed by atoms with E-state index in [1.165, 1.54) is 5.56 Å². The highest BCUT2D eigenvalue weighted by molar-refractivity contribution is 5.96. The van der Waals surface area contributed by atoms with E-state index in [0.717, 1.165) is 22.6 Å². The highest BCUT2D eigenvalue weighted by Gasteiger charge is 2.29. The molecule has 0 aromatic heterocycles. The van der Waals surface area contributed by atoms with E-state index in [0.29, 0.717) is 18.1 Å². The number of carbonyl (C=O) groups is 1. The molecule has 4 heteroatoms. The standard InChI is InChI=1S/C19H19NO3/c1-11(2)12-3-5-13(6-4-12)14-8-19(21)20-16-9-18-17(7-15(14)16)22-10-23-18/h3-7,9,11,14H,8,10H2,1-2H3,(H,20,21). The van der Waals surface area contributed by atoms with Gasteiger partial charge in [0.15, 0.2) is 11.5 Å². The number of carbonyl (C=O) groups excluding carboxylic acids is 1. The van der Waals surface area contributed by atoms with Gasteiger partial charge in [0.2, 0.25) is 12.7 Å². The first-order chi connectivity index (χ1) is 11.1. The third kappa shape index (κ3) is 2.44. The van der Waals surface area contributed by atoms with Crippen LogP contribution in [0.1, 0.15) is 48.8 Å². The number of anilines is 1. The zero-order valence-electron chi connectivity index (χ0n) is 13.3. The van der Waals surface area contributed by atoms with Gasteiger partial charge < -0.3 is 14.8 Å². The lowest BCUT2D eigenvalue weighted by molar-refractivity contribution is -0.116. The van der Waals surface area contributed by atoms with Crippen LogP contribution in [-0.2, 0) is 4.79 Å². The summed E-state index contributed by atoms with van der Waals surface area (Å²) in [5.74, 6) is 2.03. The highest BCUT2D eigenvalue weighted by atomic mass is 16.7. The molecule has 1 amide bonds. The summed E-state index contributed by atoms with van der Waals surface area (Å²) >= 11 is 0. The molecule has 1 atom stereocenters. The number of hydrogen-bond acceptors (Lipinski definition) is 3. The number of benzene rings is 2. The first-order valence-corrected chi connectivity index (χ1v) is 7.95. The highest BCUT2D eigenvalue weighted by Crippen LogP contribution is 2.44. The lowest BCUT2D eigenvalue weighted by Gasteiger charge is -2.26. The molecule has 2 aliphatic heterocycles. The smallest absolute Gasteiger partial charge is 0.231 e. The van der Waals surface area contributed by atoms with Crippen molar-refractivity contribution in [2.24, 2.45) is 0 Å². The molecule has 0 spiro atoms. The van der Waals surface area contributed by atoms with E-state index in [9.17, 15) is 4.79 Å². The Kier molecular flexibility index (Phi) is 3.26. The van der Waals surface area contributed by atoms with Crippen molar-refractivity contribution in [3.8, 4) is 11.5 Å². The summed E-state index contributed by atoms with van der Waals surface area (Å²) in [7, 11) is 0. The van der Waals surface area contributed by atoms with E-state index in [4.69, 9.17) is 9.47 Å². The third-order valence-electron chi connectivity index (χ3n) is 4.59. The number of ether oxygens (including phenoxy) is 2. The summed E-state index contributed by atoms with van der Waals surface area (Å²) in [4.78, 5) is 12.1. The molecule has 0 saturated carbocycles. The first kappa shape index (κ1) is 14.1. The van der Waals surface area contributed by atoms with Crippen LogP contribution in [0.5, 0.6) is 11.5 Å². The van der Waals surface area contributed by atoms with Gasteiger partial charge in [-0.15, -0.1) is 0 Å². The Morgan fingerprint density at radius 1 is 1.09 bits per heavy atom. The van der Waals surface area contributed by atoms with Crippen molar-refractivity contribution in [1.29, 1.82) is 0 Å². The molecule has 4 nitrogen and oxygen atoms in total. The predicted molar refractivity (Wildman–Crippen MR) is 88.2 cm³/mol. The van der Waals surface area contributed by atoms with Gasteiger partial charge in [-0.1, -0.05) is 38.1 Å². The van der Waals surface area contributed by atoms with Crippen LogP contribution in [0.4, 0.5) is 5.69 Å². The second-order valence-corrected chi connectivity index (χ2v) is 6.42. The minimum Gasteiger partial charge on any atom is -0.454 e. The van der Waals surface area contributed by atoms with E-state index >= 15 is 0 Å². The van der Waals surface area contributed by atoms with E-state index < -0.39 is 0 Å². The molecule has 2 heterocycles. The fourth-order valence-electron chi connectivity index (χ4n) is 3.26. The maximum Gasteiger partial charge on any atom is 0.231 e. The Morgan fingerprint density at radius 3 is 2.48 bits per heavy atom. The molecule has 1 unspecified atom stereocenters. The maximum absolute atomic E-state index is 12.1. The van der Waals surface area contributed by atoms with Gasteiger partial charge in [0.05, 0.1) is 0 Å². The fraction of sp³-hybridized carbons (Fsp3) is 0.316. The van der Waals surface area contributed by atoms with Crippen molar-refractivity contribution >= 4 is 11.6 Å². The van der Waals surface area contributed by atoms with Crippen LogP contribution in [0.3, 0.4) is 0 Å². The summed E-state index contributed by atoms with van der Waals surface area (Å²) in [6, 6.07) is 12.4. The quantitative estimate of drug-likeness (QED) is 0.911. The number of rotatable bonds is 2. The topological polar surface area (TPSA) is 47.6 Å². The van der Waals surface area contributed by atoms with Crippen molar-refractivity contribution in [3.05, 3.63) is 53.1 Å². The van der Waals surface area contributed by atoms with Gasteiger partial charge in [-0.05, 0) is 28.7 Å². The van der Waals surface area contributed by atoms with Crippen LogP contribution in [0.2, 0.25) is 0 Å². The normalized spacial score (nSPS) is 18.7. The Hall–Kier alpha value is -2.49. The second-order valence-electron chi connectivity index (χ2n) is 6.42. The summed E-state index contributed by atoms with van der Waals surface area (Å²) in [6.45, 7) is 4.60. The molecular weight excluding hydrogens is 290 g/mol. The van der Waals surface area contributed by atoms with E-state index in [2.05, 4.69) is 43.4 Å². The summed E-state index contributed by atoms with van der Waals surface area (Å²) in [5.41, 5.74) is 4.37. The molecule has 0 bridgehead atoms. The first-order valence-electron chi connectivity index (χ1n) is 7.95. The molecule has 0 saturated heterocycles. The monoisotopic (exact) mass is 309 g/mol. The molecule has 0 radical (unpaired) electrons. The molecule has 23 heavy (non-hydrogen) atoms. The molecule has 4 rings (SSSR count). The van der Waals surface area contributed by atoms with E-state index in [1.807, 2.05) is 12.1 Å². The second kappa shape index (κ2) is 5.30. The minimum atomic E-state index is 0.0364. The third-order valence-corrected chi connectivity index (χ3v) is 4.59. The van der Waals surface area contributed by atoms with Crippen molar-refractivity contribution in [2.75, 3.05) is 12.1 Å². The van der Waals surface area contributed by atoms with Crippen molar-refractivity contribution in [2.45, 2.75) is 32.1 Å². The summed E-state index contributed by atoms with van der Waals surface area (Å²) in [5, 5.41) is 2.94. The Labute approximate surface area is 135 Å². The maximum atomic E-state index is 12.1. The Balaban J connectivity index is 1.76. The van der Waals surface area contributed by atoms with E-state index in [-0.39, 0.29) is 18.6 Å². The fourth-order valence-corrected chi connectivity index (χ4v) is 3.26. The molecule has 0 aliphatic carbocycles. The Bertz CT molecular complexity index is 765. The lowest BCUT2D eigenvalue weighted by atomic mass is 9.84. The van der Waals surface area contributed by atoms with Crippen molar-refractivity contribution in [3.63, 3.8) is 0 Å². The Morgan fingerprint density at radius 2 is 1.78 bits per heavy atom. The SMILES string of the molecule is CC(C)c1ccc(C2CC(=O)Nc3cc4c(cc32)OCO4)cc1. The van der Waals surface area contributed by atoms with Crippen LogP contribution < -0.4 is 14.8 Å². The largest absolute Gasteiger partial charge is 0.454 e. The molecule has 1 N–H and O–H groups in total. The van der Waals surface area contributed by atoms with Crippen LogP contribution in [0.15, 0.2) is 36.4 Å². The van der Waals surface area contributed by atoms with Gasteiger partial charge in [0.1, 0.15) is 0 Å². The number of fused-ring (bicyclic) bond motifs is 2. The van der Waals surface area contributed by atoms with Gasteiger partial charge >= 0.3 is 0 Å². The molecule has 2 aromatic carbocycles. The van der Waals surface area contributed by atoms with Crippen LogP contribution in [0.25, 0.3) is 0 Å². The van der Waals surface area contributed by atoms with Crippen LogP contribution >= 0.6 is 0 Å².